The van der Waals surface area contributed by atoms with Crippen molar-refractivity contribution >= 4 is 23.2 Å². The molecule has 2 fully saturated rings. The van der Waals surface area contributed by atoms with Crippen molar-refractivity contribution in [3.05, 3.63) is 24.3 Å². The standard InChI is InChI=1S/C22H34N4O2/c1-24(2)20-9-7-19(8-10-20)23-21(27)17-25-15-11-18(12-16-25)22(28)26-13-5-3-4-6-14-26/h7-10,18H,3-6,11-17H2,1-2H3,(H,23,27). The lowest BCUT2D eigenvalue weighted by molar-refractivity contribution is -0.137. The van der Waals surface area contributed by atoms with Gasteiger partial charge in [0, 0.05) is 44.5 Å². The summed E-state index contributed by atoms with van der Waals surface area (Å²) >= 11 is 0. The zero-order valence-electron chi connectivity index (χ0n) is 17.3. The topological polar surface area (TPSA) is 55.9 Å². The SMILES string of the molecule is CN(C)c1ccc(NC(=O)CN2CCC(C(=O)N3CCCCCC3)CC2)cc1. The van der Waals surface area contributed by atoms with Gasteiger partial charge in [-0.3, -0.25) is 14.5 Å². The van der Waals surface area contributed by atoms with Crippen LogP contribution in [0.25, 0.3) is 0 Å². The van der Waals surface area contributed by atoms with Gasteiger partial charge in [-0.05, 0) is 63.0 Å². The van der Waals surface area contributed by atoms with Gasteiger partial charge >= 0.3 is 0 Å². The fraction of sp³-hybridized carbons (Fsp3) is 0.636. The molecule has 0 atom stereocenters. The monoisotopic (exact) mass is 386 g/mol. The van der Waals surface area contributed by atoms with E-state index in [1.165, 1.54) is 12.8 Å². The number of nitrogens with one attached hydrogen (secondary N) is 1. The number of anilines is 2. The first-order valence-electron chi connectivity index (χ1n) is 10.6. The molecule has 0 aromatic heterocycles. The summed E-state index contributed by atoms with van der Waals surface area (Å²) in [5, 5.41) is 2.97. The third-order valence-electron chi connectivity index (χ3n) is 5.89. The van der Waals surface area contributed by atoms with Gasteiger partial charge in [-0.25, -0.2) is 0 Å². The maximum Gasteiger partial charge on any atom is 0.238 e. The van der Waals surface area contributed by atoms with Crippen molar-refractivity contribution in [3.8, 4) is 0 Å². The second kappa shape index (κ2) is 9.92. The average Bonchev–Trinajstić information content (AvgIpc) is 2.98. The molecule has 1 N–H and O–H groups in total. The number of amides is 2. The van der Waals surface area contributed by atoms with E-state index in [0.29, 0.717) is 12.5 Å². The Morgan fingerprint density at radius 2 is 1.57 bits per heavy atom. The first kappa shape index (κ1) is 20.6. The third kappa shape index (κ3) is 5.71. The lowest BCUT2D eigenvalue weighted by atomic mass is 9.95. The molecule has 6 heteroatoms. The van der Waals surface area contributed by atoms with Crippen molar-refractivity contribution in [2.45, 2.75) is 38.5 Å². The maximum atomic E-state index is 12.8. The van der Waals surface area contributed by atoms with Gasteiger partial charge < -0.3 is 15.1 Å². The van der Waals surface area contributed by atoms with Gasteiger partial charge in [-0.15, -0.1) is 0 Å². The Morgan fingerprint density at radius 1 is 0.964 bits per heavy atom. The van der Waals surface area contributed by atoms with Crippen LogP contribution in [0.4, 0.5) is 11.4 Å². The molecule has 1 aromatic carbocycles. The Labute approximate surface area is 168 Å². The van der Waals surface area contributed by atoms with E-state index in [2.05, 4.69) is 15.1 Å². The van der Waals surface area contributed by atoms with E-state index in [4.69, 9.17) is 0 Å². The molecule has 2 amide bonds. The molecule has 2 aliphatic heterocycles. The van der Waals surface area contributed by atoms with Crippen molar-refractivity contribution in [1.29, 1.82) is 0 Å². The number of hydrogen-bond acceptors (Lipinski definition) is 4. The molecular weight excluding hydrogens is 352 g/mol. The van der Waals surface area contributed by atoms with Crippen LogP contribution in [-0.2, 0) is 9.59 Å². The molecule has 0 unspecified atom stereocenters. The van der Waals surface area contributed by atoms with E-state index in [1.54, 1.807) is 0 Å². The highest BCUT2D eigenvalue weighted by Gasteiger charge is 2.29. The molecular formula is C22H34N4O2. The van der Waals surface area contributed by atoms with Crippen molar-refractivity contribution in [2.75, 3.05) is 57.0 Å². The van der Waals surface area contributed by atoms with Crippen LogP contribution in [-0.4, -0.2) is 68.4 Å². The molecule has 0 radical (unpaired) electrons. The Hall–Kier alpha value is -2.08. The first-order chi connectivity index (χ1) is 13.5. The molecule has 154 valence electrons. The summed E-state index contributed by atoms with van der Waals surface area (Å²) in [4.78, 5) is 31.4. The highest BCUT2D eigenvalue weighted by Crippen LogP contribution is 2.22. The molecule has 2 heterocycles. The quantitative estimate of drug-likeness (QED) is 0.845. The van der Waals surface area contributed by atoms with E-state index < -0.39 is 0 Å². The first-order valence-corrected chi connectivity index (χ1v) is 10.6. The predicted octanol–water partition coefficient (Wildman–Crippen LogP) is 2.81. The number of piperidine rings is 1. The van der Waals surface area contributed by atoms with Crippen LogP contribution in [0, 0.1) is 5.92 Å². The summed E-state index contributed by atoms with van der Waals surface area (Å²) in [6.07, 6.45) is 6.49. The highest BCUT2D eigenvalue weighted by atomic mass is 16.2. The summed E-state index contributed by atoms with van der Waals surface area (Å²) in [5.41, 5.74) is 1.93. The summed E-state index contributed by atoms with van der Waals surface area (Å²) in [5.74, 6) is 0.484. The van der Waals surface area contributed by atoms with Crippen molar-refractivity contribution in [3.63, 3.8) is 0 Å². The van der Waals surface area contributed by atoms with Crippen molar-refractivity contribution in [2.24, 2.45) is 5.92 Å². The fourth-order valence-corrected chi connectivity index (χ4v) is 4.13. The van der Waals surface area contributed by atoms with Crippen LogP contribution in [0.2, 0.25) is 0 Å². The molecule has 1 aromatic rings. The summed E-state index contributed by atoms with van der Waals surface area (Å²) in [7, 11) is 3.99. The summed E-state index contributed by atoms with van der Waals surface area (Å²) in [6.45, 7) is 3.87. The third-order valence-corrected chi connectivity index (χ3v) is 5.89. The fourth-order valence-electron chi connectivity index (χ4n) is 4.13. The molecule has 2 saturated heterocycles. The number of nitrogens with zero attached hydrogens (tertiary/aromatic N) is 3. The predicted molar refractivity (Wildman–Crippen MR) is 114 cm³/mol. The number of benzene rings is 1. The minimum atomic E-state index is 0.00916. The average molecular weight is 387 g/mol. The Bertz CT molecular complexity index is 643. The van der Waals surface area contributed by atoms with Gasteiger partial charge in [0.25, 0.3) is 0 Å². The normalized spacial score (nSPS) is 19.1. The van der Waals surface area contributed by atoms with Crippen LogP contribution >= 0.6 is 0 Å². The molecule has 0 aliphatic carbocycles. The lowest BCUT2D eigenvalue weighted by Gasteiger charge is -2.33. The molecule has 28 heavy (non-hydrogen) atoms. The zero-order chi connectivity index (χ0) is 19.9. The second-order valence-electron chi connectivity index (χ2n) is 8.28. The van der Waals surface area contributed by atoms with E-state index in [0.717, 1.165) is 63.2 Å². The van der Waals surface area contributed by atoms with Gasteiger partial charge in [0.05, 0.1) is 6.54 Å². The smallest absolute Gasteiger partial charge is 0.238 e. The largest absolute Gasteiger partial charge is 0.378 e. The molecule has 2 aliphatic rings. The van der Waals surface area contributed by atoms with Crippen LogP contribution in [0.5, 0.6) is 0 Å². The van der Waals surface area contributed by atoms with Crippen LogP contribution in [0.3, 0.4) is 0 Å². The number of hydrogen-bond donors (Lipinski definition) is 1. The minimum Gasteiger partial charge on any atom is -0.378 e. The van der Waals surface area contributed by atoms with Gasteiger partial charge in [0.15, 0.2) is 0 Å². The van der Waals surface area contributed by atoms with E-state index in [1.807, 2.05) is 43.3 Å². The van der Waals surface area contributed by atoms with E-state index in [-0.39, 0.29) is 11.8 Å². The molecule has 0 bridgehead atoms. The maximum absolute atomic E-state index is 12.8. The van der Waals surface area contributed by atoms with Crippen LogP contribution in [0.15, 0.2) is 24.3 Å². The van der Waals surface area contributed by atoms with Crippen LogP contribution < -0.4 is 10.2 Å². The minimum absolute atomic E-state index is 0.00916. The Kier molecular flexibility index (Phi) is 7.31. The Balaban J connectivity index is 1.42. The molecule has 3 rings (SSSR count). The lowest BCUT2D eigenvalue weighted by Crippen LogP contribution is -2.44. The highest BCUT2D eigenvalue weighted by molar-refractivity contribution is 5.92. The van der Waals surface area contributed by atoms with Gasteiger partial charge in [0.2, 0.25) is 11.8 Å². The van der Waals surface area contributed by atoms with E-state index in [9.17, 15) is 9.59 Å². The number of carbonyl (C=O) groups excluding carboxylic acids is 2. The van der Waals surface area contributed by atoms with Gasteiger partial charge in [0.1, 0.15) is 0 Å². The van der Waals surface area contributed by atoms with Gasteiger partial charge in [-0.2, -0.15) is 0 Å². The number of likely N-dealkylation sites (tertiary alicyclic amines) is 2. The summed E-state index contributed by atoms with van der Waals surface area (Å²) < 4.78 is 0. The second-order valence-corrected chi connectivity index (χ2v) is 8.28. The van der Waals surface area contributed by atoms with Crippen molar-refractivity contribution in [1.82, 2.24) is 9.80 Å². The van der Waals surface area contributed by atoms with Crippen molar-refractivity contribution < 1.29 is 9.59 Å². The molecule has 6 nitrogen and oxygen atoms in total. The summed E-state index contributed by atoms with van der Waals surface area (Å²) in [6, 6.07) is 7.85. The van der Waals surface area contributed by atoms with E-state index >= 15 is 0 Å². The Morgan fingerprint density at radius 3 is 2.14 bits per heavy atom. The zero-order valence-corrected chi connectivity index (χ0v) is 17.3. The van der Waals surface area contributed by atoms with Gasteiger partial charge in [-0.1, -0.05) is 12.8 Å². The number of rotatable bonds is 5. The number of carbonyl (C=O) groups is 2. The molecule has 0 spiro atoms. The molecule has 0 saturated carbocycles. The van der Waals surface area contributed by atoms with Crippen LogP contribution in [0.1, 0.15) is 38.5 Å².